The van der Waals surface area contributed by atoms with E-state index in [-0.39, 0.29) is 64.3 Å². The molecule has 0 radical (unpaired) electrons. The molecule has 2 aliphatic rings. The monoisotopic (exact) mass is 703 g/mol. The third-order valence-corrected chi connectivity index (χ3v) is 9.73. The Balaban J connectivity index is 1.29. The first-order valence-corrected chi connectivity index (χ1v) is 16.1. The summed E-state index contributed by atoms with van der Waals surface area (Å²) < 4.78 is 47.8. The molecule has 1 fully saturated rings. The molecule has 7 rings (SSSR count). The molecule has 1 unspecified atom stereocenters. The highest BCUT2D eigenvalue weighted by Gasteiger charge is 2.49. The second kappa shape index (κ2) is 12.8. The Kier molecular flexibility index (Phi) is 8.43. The Labute approximate surface area is 287 Å². The van der Waals surface area contributed by atoms with Crippen LogP contribution in [0.3, 0.4) is 0 Å². The van der Waals surface area contributed by atoms with E-state index < -0.39 is 41.6 Å². The van der Waals surface area contributed by atoms with E-state index >= 15 is 0 Å². The number of nitrogens with one attached hydrogen (secondary N) is 1. The highest BCUT2D eigenvalue weighted by molar-refractivity contribution is 5.95. The van der Waals surface area contributed by atoms with E-state index in [4.69, 9.17) is 4.74 Å². The second-order valence-corrected chi connectivity index (χ2v) is 12.8. The molecular formula is C34H32F3N9O5. The molecule has 2 amide bonds. The molecular weight excluding hydrogens is 671 g/mol. The summed E-state index contributed by atoms with van der Waals surface area (Å²) in [4.78, 5) is 56.3. The molecule has 1 aliphatic carbocycles. The number of pyridine rings is 2. The average molecular weight is 704 g/mol. The van der Waals surface area contributed by atoms with Crippen LogP contribution >= 0.6 is 0 Å². The number of carbonyl (C=O) groups excluding carboxylic acids is 2. The highest BCUT2D eigenvalue weighted by Crippen LogP contribution is 2.51. The fourth-order valence-corrected chi connectivity index (χ4v) is 7.30. The highest BCUT2D eigenvalue weighted by atomic mass is 19.3. The maximum absolute atomic E-state index is 14.7. The van der Waals surface area contributed by atoms with Crippen molar-refractivity contribution in [3.8, 4) is 17.3 Å². The van der Waals surface area contributed by atoms with Gasteiger partial charge in [0.25, 0.3) is 12.3 Å². The van der Waals surface area contributed by atoms with E-state index in [1.807, 2.05) is 6.92 Å². The van der Waals surface area contributed by atoms with Crippen molar-refractivity contribution < 1.29 is 32.6 Å². The molecule has 1 atom stereocenters. The molecule has 17 heteroatoms. The van der Waals surface area contributed by atoms with Crippen LogP contribution < -0.4 is 15.5 Å². The van der Waals surface area contributed by atoms with Crippen molar-refractivity contribution in [3.63, 3.8) is 0 Å². The minimum atomic E-state index is -2.88. The summed E-state index contributed by atoms with van der Waals surface area (Å²) in [5.74, 6) is -2.40. The summed E-state index contributed by atoms with van der Waals surface area (Å²) in [6, 6.07) is 5.97. The van der Waals surface area contributed by atoms with Gasteiger partial charge in [0.05, 0.1) is 24.2 Å². The number of aryl methyl sites for hydroxylation is 1. The number of amides is 2. The van der Waals surface area contributed by atoms with Gasteiger partial charge in [0.15, 0.2) is 22.6 Å². The maximum Gasteiger partial charge on any atom is 0.276 e. The Hall–Kier alpha value is -5.87. The van der Waals surface area contributed by atoms with Crippen LogP contribution in [0.2, 0.25) is 0 Å². The Morgan fingerprint density at radius 3 is 2.59 bits per heavy atom. The molecule has 5 aromatic rings. The number of halogens is 3. The molecule has 1 aromatic carbocycles. The summed E-state index contributed by atoms with van der Waals surface area (Å²) in [5.41, 5.74) is -0.0730. The normalized spacial score (nSPS) is 16.5. The van der Waals surface area contributed by atoms with Crippen molar-refractivity contribution in [1.29, 1.82) is 0 Å². The van der Waals surface area contributed by atoms with Crippen molar-refractivity contribution in [2.75, 3.05) is 25.5 Å². The predicted molar refractivity (Wildman–Crippen MR) is 176 cm³/mol. The van der Waals surface area contributed by atoms with Crippen LogP contribution in [0.1, 0.15) is 71.5 Å². The average Bonchev–Trinajstić information content (AvgIpc) is 3.69. The SMILES string of the molecule is COc1cc(-n2nc3c(=O)c4c(n(CC(=O)Nc5ccc(C(F)F)cc5F)c3n2)C(C)CC42CCN(C(=O)c3ncnc(C)c3O)CC2)ccn1. The smallest absolute Gasteiger partial charge is 0.276 e. The lowest BCUT2D eigenvalue weighted by Crippen LogP contribution is -2.46. The third-order valence-electron chi connectivity index (χ3n) is 9.73. The van der Waals surface area contributed by atoms with E-state index in [0.717, 1.165) is 12.1 Å². The number of nitrogens with zero attached hydrogens (tertiary/aromatic N) is 8. The van der Waals surface area contributed by atoms with Crippen molar-refractivity contribution in [2.24, 2.45) is 0 Å². The van der Waals surface area contributed by atoms with E-state index in [1.54, 1.807) is 28.5 Å². The van der Waals surface area contributed by atoms with Gasteiger partial charge in [0, 0.05) is 47.6 Å². The summed E-state index contributed by atoms with van der Waals surface area (Å²) in [6.07, 6.45) is 1.18. The molecule has 1 aliphatic heterocycles. The predicted octanol–water partition coefficient (Wildman–Crippen LogP) is 4.19. The lowest BCUT2D eigenvalue weighted by molar-refractivity contribution is -0.116. The number of benzene rings is 1. The molecule has 0 bridgehead atoms. The molecule has 1 saturated heterocycles. The van der Waals surface area contributed by atoms with Gasteiger partial charge in [-0.3, -0.25) is 14.4 Å². The zero-order valence-electron chi connectivity index (χ0n) is 27.7. The number of anilines is 1. The molecule has 264 valence electrons. The number of alkyl halides is 2. The third kappa shape index (κ3) is 5.81. The Morgan fingerprint density at radius 1 is 1.12 bits per heavy atom. The van der Waals surface area contributed by atoms with Crippen molar-refractivity contribution in [1.82, 2.24) is 39.4 Å². The summed E-state index contributed by atoms with van der Waals surface area (Å²) in [5, 5.41) is 22.1. The number of aromatic nitrogens is 7. The van der Waals surface area contributed by atoms with Crippen LogP contribution in [-0.4, -0.2) is 76.5 Å². The van der Waals surface area contributed by atoms with Crippen LogP contribution in [0.5, 0.6) is 11.6 Å². The van der Waals surface area contributed by atoms with Crippen LogP contribution in [0.15, 0.2) is 47.7 Å². The number of likely N-dealkylation sites (tertiary alicyclic amines) is 1. The molecule has 51 heavy (non-hydrogen) atoms. The molecule has 14 nitrogen and oxygen atoms in total. The van der Waals surface area contributed by atoms with Crippen molar-refractivity contribution in [3.05, 3.63) is 87.1 Å². The maximum atomic E-state index is 14.7. The lowest BCUT2D eigenvalue weighted by Gasteiger charge is -2.39. The first kappa shape index (κ1) is 33.6. The van der Waals surface area contributed by atoms with Gasteiger partial charge in [-0.25, -0.2) is 28.1 Å². The van der Waals surface area contributed by atoms with Crippen molar-refractivity contribution >= 4 is 28.7 Å². The van der Waals surface area contributed by atoms with E-state index in [9.17, 15) is 32.7 Å². The number of rotatable bonds is 7. The number of hydrogen-bond donors (Lipinski definition) is 2. The first-order valence-electron chi connectivity index (χ1n) is 16.1. The molecule has 2 N–H and O–H groups in total. The number of fused-ring (bicyclic) bond motifs is 3. The number of carbonyl (C=O) groups is 2. The minimum absolute atomic E-state index is 0.00170. The number of methoxy groups -OCH3 is 1. The van der Waals surface area contributed by atoms with Crippen LogP contribution in [-0.2, 0) is 16.8 Å². The number of piperidine rings is 1. The summed E-state index contributed by atoms with van der Waals surface area (Å²) in [6.45, 7) is 3.65. The molecule has 5 heterocycles. The van der Waals surface area contributed by atoms with Gasteiger partial charge in [-0.1, -0.05) is 13.0 Å². The molecule has 0 saturated carbocycles. The van der Waals surface area contributed by atoms with Crippen LogP contribution in [0.4, 0.5) is 18.9 Å². The zero-order chi connectivity index (χ0) is 36.2. The first-order chi connectivity index (χ1) is 24.4. The number of aromatic hydroxyl groups is 1. The van der Waals surface area contributed by atoms with Crippen LogP contribution in [0.25, 0.3) is 16.9 Å². The summed E-state index contributed by atoms with van der Waals surface area (Å²) >= 11 is 0. The van der Waals surface area contributed by atoms with Gasteiger partial charge in [-0.15, -0.1) is 15.0 Å². The standard InChI is InChI=1S/C34H32F3N9O5/c1-17-14-34(7-10-44(11-8-34)33(50)27-29(48)18(2)39-16-40-27)25-28(17)45(15-23(47)41-22-5-4-19(31(36)37)12-21(22)35)32-26(30(25)49)42-46(43-32)20-6-9-38-24(13-20)51-3/h4-6,9,12-13,16-17,31,48H,7-8,10-11,14-15H2,1-3H3,(H,41,47). The number of hydrogen-bond acceptors (Lipinski definition) is 10. The molecule has 1 spiro atoms. The van der Waals surface area contributed by atoms with Crippen LogP contribution in [0, 0.1) is 12.7 Å². The van der Waals surface area contributed by atoms with Gasteiger partial charge < -0.3 is 24.6 Å². The number of ether oxygens (including phenoxy) is 1. The fourth-order valence-electron chi connectivity index (χ4n) is 7.30. The Bertz CT molecular complexity index is 2270. The second-order valence-electron chi connectivity index (χ2n) is 12.8. The quantitative estimate of drug-likeness (QED) is 0.251. The van der Waals surface area contributed by atoms with Gasteiger partial charge >= 0.3 is 0 Å². The lowest BCUT2D eigenvalue weighted by atomic mass is 9.73. The van der Waals surface area contributed by atoms with Gasteiger partial charge in [-0.2, -0.15) is 0 Å². The van der Waals surface area contributed by atoms with Crippen molar-refractivity contribution in [2.45, 2.75) is 57.4 Å². The van der Waals surface area contributed by atoms with Gasteiger partial charge in [-0.05, 0) is 50.3 Å². The summed E-state index contributed by atoms with van der Waals surface area (Å²) in [7, 11) is 1.45. The minimum Gasteiger partial charge on any atom is -0.504 e. The Morgan fingerprint density at radius 2 is 1.88 bits per heavy atom. The zero-order valence-corrected chi connectivity index (χ0v) is 27.7. The van der Waals surface area contributed by atoms with Gasteiger partial charge in [0.1, 0.15) is 18.7 Å². The fraction of sp³-hybridized carbons (Fsp3) is 0.353. The topological polar surface area (TPSA) is 170 Å². The van der Waals surface area contributed by atoms with E-state index in [0.29, 0.717) is 42.3 Å². The van der Waals surface area contributed by atoms with E-state index in [2.05, 4.69) is 30.5 Å². The van der Waals surface area contributed by atoms with Gasteiger partial charge in [0.2, 0.25) is 17.2 Å². The van der Waals surface area contributed by atoms with E-state index in [1.165, 1.54) is 24.4 Å². The largest absolute Gasteiger partial charge is 0.504 e. The molecule has 4 aromatic heterocycles.